The SMILES string of the molecule is COc1cc(OC)cc(C(=O)NCC(=O)OCC(=O)N(C)CC(=O)NC(C)(C)C)c1. The molecule has 1 aromatic rings. The van der Waals surface area contributed by atoms with Gasteiger partial charge in [0.25, 0.3) is 11.8 Å². The standard InChI is InChI=1S/C20H29N3O7/c1-20(2,3)22-16(24)11-23(4)17(25)12-30-18(26)10-21-19(27)13-7-14(28-5)9-15(8-13)29-6/h7-9H,10-12H2,1-6H3,(H,21,27)(H,22,24). The van der Waals surface area contributed by atoms with Crippen molar-refractivity contribution in [1.29, 1.82) is 0 Å². The van der Waals surface area contributed by atoms with Crippen molar-refractivity contribution < 1.29 is 33.4 Å². The van der Waals surface area contributed by atoms with Gasteiger partial charge in [-0.2, -0.15) is 0 Å². The van der Waals surface area contributed by atoms with Crippen LogP contribution in [0.5, 0.6) is 11.5 Å². The van der Waals surface area contributed by atoms with Crippen molar-refractivity contribution in [3.63, 3.8) is 0 Å². The van der Waals surface area contributed by atoms with E-state index in [9.17, 15) is 19.2 Å². The summed E-state index contributed by atoms with van der Waals surface area (Å²) < 4.78 is 15.0. The molecule has 0 saturated heterocycles. The highest BCUT2D eigenvalue weighted by Gasteiger charge is 2.19. The van der Waals surface area contributed by atoms with E-state index in [1.165, 1.54) is 33.4 Å². The van der Waals surface area contributed by atoms with Crippen LogP contribution in [0.15, 0.2) is 18.2 Å². The molecule has 0 fully saturated rings. The number of carbonyl (C=O) groups is 4. The summed E-state index contributed by atoms with van der Waals surface area (Å²) in [7, 11) is 4.33. The third kappa shape index (κ3) is 8.80. The number of amides is 3. The van der Waals surface area contributed by atoms with E-state index in [0.29, 0.717) is 11.5 Å². The number of nitrogens with one attached hydrogen (secondary N) is 2. The first kappa shape index (κ1) is 24.7. The number of rotatable bonds is 9. The molecule has 30 heavy (non-hydrogen) atoms. The summed E-state index contributed by atoms with van der Waals surface area (Å²) in [4.78, 5) is 49.0. The predicted molar refractivity (Wildman–Crippen MR) is 108 cm³/mol. The number of hydrogen-bond donors (Lipinski definition) is 2. The molecule has 0 bridgehead atoms. The fourth-order valence-electron chi connectivity index (χ4n) is 2.26. The van der Waals surface area contributed by atoms with Gasteiger partial charge in [-0.1, -0.05) is 0 Å². The van der Waals surface area contributed by atoms with Crippen LogP contribution in [0.3, 0.4) is 0 Å². The van der Waals surface area contributed by atoms with Gasteiger partial charge in [0.05, 0.1) is 20.8 Å². The number of hydrogen-bond acceptors (Lipinski definition) is 7. The number of nitrogens with zero attached hydrogens (tertiary/aromatic N) is 1. The Morgan fingerprint density at radius 1 is 1.00 bits per heavy atom. The van der Waals surface area contributed by atoms with Crippen LogP contribution < -0.4 is 20.1 Å². The monoisotopic (exact) mass is 423 g/mol. The molecule has 0 heterocycles. The summed E-state index contributed by atoms with van der Waals surface area (Å²) in [5.74, 6) is -1.36. The summed E-state index contributed by atoms with van der Waals surface area (Å²) in [6.45, 7) is 4.34. The lowest BCUT2D eigenvalue weighted by atomic mass is 10.1. The molecule has 166 valence electrons. The molecule has 0 unspecified atom stereocenters. The van der Waals surface area contributed by atoms with Crippen molar-refractivity contribution in [3.05, 3.63) is 23.8 Å². The summed E-state index contributed by atoms with van der Waals surface area (Å²) in [5, 5.41) is 5.13. The van der Waals surface area contributed by atoms with Crippen molar-refractivity contribution in [2.45, 2.75) is 26.3 Å². The molecule has 0 aliphatic rings. The van der Waals surface area contributed by atoms with Gasteiger partial charge >= 0.3 is 5.97 Å². The van der Waals surface area contributed by atoms with Gasteiger partial charge in [0.15, 0.2) is 6.61 Å². The van der Waals surface area contributed by atoms with E-state index >= 15 is 0 Å². The zero-order chi connectivity index (χ0) is 22.9. The zero-order valence-electron chi connectivity index (χ0n) is 18.2. The third-order valence-electron chi connectivity index (χ3n) is 3.68. The molecule has 0 spiro atoms. The number of carbonyl (C=O) groups excluding carboxylic acids is 4. The average molecular weight is 423 g/mol. The van der Waals surface area contributed by atoms with E-state index in [-0.39, 0.29) is 18.0 Å². The highest BCUT2D eigenvalue weighted by molar-refractivity contribution is 5.96. The first-order valence-electron chi connectivity index (χ1n) is 9.17. The molecule has 3 amide bonds. The minimum Gasteiger partial charge on any atom is -0.497 e. The molecule has 0 aromatic heterocycles. The molecular weight excluding hydrogens is 394 g/mol. The fourth-order valence-corrected chi connectivity index (χ4v) is 2.26. The summed E-state index contributed by atoms with van der Waals surface area (Å²) in [5.41, 5.74) is -0.182. The molecule has 10 heteroatoms. The average Bonchev–Trinajstić information content (AvgIpc) is 2.67. The first-order valence-corrected chi connectivity index (χ1v) is 9.17. The molecule has 10 nitrogen and oxygen atoms in total. The Kier molecular flexibility index (Phi) is 9.10. The zero-order valence-corrected chi connectivity index (χ0v) is 18.2. The summed E-state index contributed by atoms with van der Waals surface area (Å²) in [6, 6.07) is 4.59. The first-order chi connectivity index (χ1) is 13.9. The third-order valence-corrected chi connectivity index (χ3v) is 3.68. The smallest absolute Gasteiger partial charge is 0.325 e. The predicted octanol–water partition coefficient (Wildman–Crippen LogP) is 0.350. The van der Waals surface area contributed by atoms with Crippen molar-refractivity contribution in [1.82, 2.24) is 15.5 Å². The molecule has 1 rings (SSSR count). The van der Waals surface area contributed by atoms with E-state index in [2.05, 4.69) is 10.6 Å². The van der Waals surface area contributed by atoms with Crippen molar-refractivity contribution >= 4 is 23.7 Å². The van der Waals surface area contributed by atoms with Gasteiger partial charge in [-0.25, -0.2) is 0 Å². The maximum absolute atomic E-state index is 12.2. The Hall–Kier alpha value is -3.30. The van der Waals surface area contributed by atoms with Crippen molar-refractivity contribution in [2.24, 2.45) is 0 Å². The van der Waals surface area contributed by atoms with E-state index in [1.54, 1.807) is 6.07 Å². The lowest BCUT2D eigenvalue weighted by molar-refractivity contribution is -0.151. The minimum absolute atomic E-state index is 0.165. The van der Waals surface area contributed by atoms with E-state index < -0.39 is 36.5 Å². The van der Waals surface area contributed by atoms with Gasteiger partial charge in [-0.05, 0) is 32.9 Å². The number of methoxy groups -OCH3 is 2. The highest BCUT2D eigenvalue weighted by atomic mass is 16.5. The molecule has 0 atom stereocenters. The Morgan fingerprint density at radius 2 is 1.57 bits per heavy atom. The van der Waals surface area contributed by atoms with Gasteiger partial charge in [0.1, 0.15) is 18.0 Å². The fraction of sp³-hybridized carbons (Fsp3) is 0.500. The molecule has 2 N–H and O–H groups in total. The Labute approximate surface area is 175 Å². The number of esters is 1. The lowest BCUT2D eigenvalue weighted by Crippen LogP contribution is -2.47. The second-order valence-electron chi connectivity index (χ2n) is 7.49. The Balaban J connectivity index is 2.47. The van der Waals surface area contributed by atoms with E-state index in [0.717, 1.165) is 4.90 Å². The van der Waals surface area contributed by atoms with Gasteiger partial charge in [-0.3, -0.25) is 19.2 Å². The molecule has 0 saturated carbocycles. The van der Waals surface area contributed by atoms with Crippen LogP contribution in [0.1, 0.15) is 31.1 Å². The minimum atomic E-state index is -0.792. The quantitative estimate of drug-likeness (QED) is 0.549. The normalized spacial score (nSPS) is 10.6. The Bertz CT molecular complexity index is 765. The largest absolute Gasteiger partial charge is 0.497 e. The molecule has 1 aromatic carbocycles. The number of likely N-dealkylation sites (N-methyl/N-ethyl adjacent to an activating group) is 1. The number of benzene rings is 1. The van der Waals surface area contributed by atoms with E-state index in [1.807, 2.05) is 20.8 Å². The van der Waals surface area contributed by atoms with Crippen LogP contribution in [0, 0.1) is 0 Å². The number of ether oxygens (including phenoxy) is 3. The molecule has 0 radical (unpaired) electrons. The van der Waals surface area contributed by atoms with Crippen molar-refractivity contribution in [2.75, 3.05) is 41.0 Å². The lowest BCUT2D eigenvalue weighted by Gasteiger charge is -2.23. The van der Waals surface area contributed by atoms with Crippen molar-refractivity contribution in [3.8, 4) is 11.5 Å². The highest BCUT2D eigenvalue weighted by Crippen LogP contribution is 2.22. The maximum atomic E-state index is 12.2. The summed E-state index contributed by atoms with van der Waals surface area (Å²) >= 11 is 0. The van der Waals surface area contributed by atoms with Crippen LogP contribution in [-0.4, -0.2) is 75.1 Å². The van der Waals surface area contributed by atoms with Crippen LogP contribution in [0.25, 0.3) is 0 Å². The second-order valence-corrected chi connectivity index (χ2v) is 7.49. The van der Waals surface area contributed by atoms with Crippen LogP contribution >= 0.6 is 0 Å². The topological polar surface area (TPSA) is 123 Å². The molecule has 0 aliphatic carbocycles. The van der Waals surface area contributed by atoms with E-state index in [4.69, 9.17) is 14.2 Å². The maximum Gasteiger partial charge on any atom is 0.325 e. The van der Waals surface area contributed by atoms with Gasteiger partial charge in [0, 0.05) is 24.2 Å². The summed E-state index contributed by atoms with van der Waals surface area (Å²) in [6.07, 6.45) is 0. The molecule has 0 aliphatic heterocycles. The van der Waals surface area contributed by atoms with Gasteiger partial charge < -0.3 is 29.7 Å². The van der Waals surface area contributed by atoms with Gasteiger partial charge in [0.2, 0.25) is 5.91 Å². The van der Waals surface area contributed by atoms with Gasteiger partial charge in [-0.15, -0.1) is 0 Å². The Morgan fingerprint density at radius 3 is 2.07 bits per heavy atom. The van der Waals surface area contributed by atoms with Crippen LogP contribution in [0.4, 0.5) is 0 Å². The molecular formula is C20H29N3O7. The second kappa shape index (κ2) is 11.0. The van der Waals surface area contributed by atoms with Crippen LogP contribution in [0.2, 0.25) is 0 Å². The van der Waals surface area contributed by atoms with Crippen LogP contribution in [-0.2, 0) is 19.1 Å².